The van der Waals surface area contributed by atoms with Crippen molar-refractivity contribution < 1.29 is 23.1 Å². The molecule has 3 aromatic rings. The summed E-state index contributed by atoms with van der Waals surface area (Å²) >= 11 is 0. The van der Waals surface area contributed by atoms with E-state index in [-0.39, 0.29) is 24.0 Å². The Kier molecular flexibility index (Phi) is 4.75. The summed E-state index contributed by atoms with van der Waals surface area (Å²) in [7, 11) is 0. The topological polar surface area (TPSA) is 56.5 Å². The first-order valence-electron chi connectivity index (χ1n) is 7.66. The Hall–Kier alpha value is -3.21. The Morgan fingerprint density at radius 1 is 1.04 bits per heavy atom. The van der Waals surface area contributed by atoms with Crippen molar-refractivity contribution in [3.05, 3.63) is 83.4 Å². The van der Waals surface area contributed by atoms with Crippen LogP contribution in [0.2, 0.25) is 0 Å². The van der Waals surface area contributed by atoms with Crippen LogP contribution in [0.5, 0.6) is 0 Å². The maximum Gasteiger partial charge on any atom is 0.374 e. The monoisotopic (exact) mass is 338 g/mol. The van der Waals surface area contributed by atoms with Gasteiger partial charge >= 0.3 is 5.97 Å². The molecule has 0 fully saturated rings. The summed E-state index contributed by atoms with van der Waals surface area (Å²) in [5, 5.41) is 0. The Balaban J connectivity index is 1.68. The van der Waals surface area contributed by atoms with E-state index in [1.807, 2.05) is 0 Å². The molecule has 3 rings (SSSR count). The number of hydrogen-bond donors (Lipinski definition) is 0. The summed E-state index contributed by atoms with van der Waals surface area (Å²) in [6.45, 7) is 1.45. The van der Waals surface area contributed by atoms with E-state index >= 15 is 0 Å². The van der Waals surface area contributed by atoms with Crippen molar-refractivity contribution in [3.63, 3.8) is 0 Å². The zero-order valence-electron chi connectivity index (χ0n) is 13.5. The van der Waals surface area contributed by atoms with Crippen molar-refractivity contribution in [2.75, 3.05) is 0 Å². The van der Waals surface area contributed by atoms with E-state index < -0.39 is 5.97 Å². The van der Waals surface area contributed by atoms with E-state index in [4.69, 9.17) is 9.15 Å². The highest BCUT2D eigenvalue weighted by Gasteiger charge is 2.14. The highest BCUT2D eigenvalue weighted by atomic mass is 19.1. The van der Waals surface area contributed by atoms with Crippen LogP contribution >= 0.6 is 0 Å². The molecule has 0 spiro atoms. The summed E-state index contributed by atoms with van der Waals surface area (Å²) < 4.78 is 23.7. The molecule has 2 aromatic carbocycles. The van der Waals surface area contributed by atoms with Gasteiger partial charge in [-0.2, -0.15) is 0 Å². The maximum absolute atomic E-state index is 13.1. The van der Waals surface area contributed by atoms with Crippen LogP contribution in [0.3, 0.4) is 0 Å². The van der Waals surface area contributed by atoms with Gasteiger partial charge in [0.15, 0.2) is 5.78 Å². The molecule has 0 unspecified atom stereocenters. The molecule has 0 aliphatic rings. The second kappa shape index (κ2) is 7.13. The standard InChI is InChI=1S/C20H15FO4/c1-13(22)15-5-7-16(8-6-15)18-9-10-19(25-18)20(23)24-12-14-3-2-4-17(21)11-14/h2-11H,12H2,1H3. The van der Waals surface area contributed by atoms with Crippen LogP contribution in [0.25, 0.3) is 11.3 Å². The predicted octanol–water partition coefficient (Wildman–Crippen LogP) is 4.65. The van der Waals surface area contributed by atoms with Gasteiger partial charge in [0, 0.05) is 11.1 Å². The number of hydrogen-bond acceptors (Lipinski definition) is 4. The van der Waals surface area contributed by atoms with E-state index in [9.17, 15) is 14.0 Å². The first kappa shape index (κ1) is 16.6. The third kappa shape index (κ3) is 4.01. The van der Waals surface area contributed by atoms with Crippen molar-refractivity contribution in [1.82, 2.24) is 0 Å². The fourth-order valence-electron chi connectivity index (χ4n) is 2.32. The minimum absolute atomic E-state index is 0.0207. The molecule has 0 radical (unpaired) electrons. The number of rotatable bonds is 5. The summed E-state index contributed by atoms with van der Waals surface area (Å²) in [4.78, 5) is 23.3. The number of halogens is 1. The van der Waals surface area contributed by atoms with Gasteiger partial charge in [-0.05, 0) is 36.8 Å². The van der Waals surface area contributed by atoms with Crippen molar-refractivity contribution in [3.8, 4) is 11.3 Å². The van der Waals surface area contributed by atoms with Crippen LogP contribution in [-0.2, 0) is 11.3 Å². The molecule has 0 saturated heterocycles. The highest BCUT2D eigenvalue weighted by molar-refractivity contribution is 5.94. The average Bonchev–Trinajstić information content (AvgIpc) is 3.10. The molecule has 4 nitrogen and oxygen atoms in total. The molecule has 0 amide bonds. The van der Waals surface area contributed by atoms with Crippen molar-refractivity contribution in [2.24, 2.45) is 0 Å². The van der Waals surface area contributed by atoms with Crippen molar-refractivity contribution >= 4 is 11.8 Å². The zero-order valence-corrected chi connectivity index (χ0v) is 13.5. The lowest BCUT2D eigenvalue weighted by atomic mass is 10.1. The van der Waals surface area contributed by atoms with Crippen LogP contribution in [0.4, 0.5) is 4.39 Å². The summed E-state index contributed by atoms with van der Waals surface area (Å²) in [6, 6.07) is 15.9. The minimum atomic E-state index is -0.629. The first-order chi connectivity index (χ1) is 12.0. The molecular formula is C20H15FO4. The molecule has 0 aliphatic heterocycles. The number of benzene rings is 2. The van der Waals surface area contributed by atoms with Crippen LogP contribution in [0, 0.1) is 5.82 Å². The van der Waals surface area contributed by atoms with E-state index in [0.717, 1.165) is 5.56 Å². The molecular weight excluding hydrogens is 323 g/mol. The normalized spacial score (nSPS) is 10.5. The number of carbonyl (C=O) groups is 2. The van der Waals surface area contributed by atoms with E-state index in [1.165, 1.54) is 25.1 Å². The lowest BCUT2D eigenvalue weighted by Crippen LogP contribution is -2.04. The van der Waals surface area contributed by atoms with Gasteiger partial charge in [0.2, 0.25) is 5.76 Å². The fourth-order valence-corrected chi connectivity index (χ4v) is 2.32. The number of ketones is 1. The highest BCUT2D eigenvalue weighted by Crippen LogP contribution is 2.23. The van der Waals surface area contributed by atoms with Gasteiger partial charge < -0.3 is 9.15 Å². The molecule has 126 valence electrons. The van der Waals surface area contributed by atoms with E-state index in [2.05, 4.69) is 0 Å². The van der Waals surface area contributed by atoms with Crippen LogP contribution in [0.1, 0.15) is 33.4 Å². The lowest BCUT2D eigenvalue weighted by Gasteiger charge is -2.03. The summed E-state index contributed by atoms with van der Waals surface area (Å²) in [5.74, 6) is -0.485. The van der Waals surface area contributed by atoms with Crippen LogP contribution < -0.4 is 0 Å². The van der Waals surface area contributed by atoms with Crippen molar-refractivity contribution in [1.29, 1.82) is 0 Å². The van der Waals surface area contributed by atoms with Gasteiger partial charge in [0.1, 0.15) is 18.2 Å². The summed E-state index contributed by atoms with van der Waals surface area (Å²) in [5.41, 5.74) is 1.90. The Labute approximate surface area is 143 Å². The number of carbonyl (C=O) groups excluding carboxylic acids is 2. The molecule has 0 bridgehead atoms. The van der Waals surface area contributed by atoms with Crippen LogP contribution in [-0.4, -0.2) is 11.8 Å². The number of Topliss-reactive ketones (excluding diaryl/α,β-unsaturated/α-hetero) is 1. The van der Waals surface area contributed by atoms with Gasteiger partial charge in [0.25, 0.3) is 0 Å². The molecule has 5 heteroatoms. The summed E-state index contributed by atoms with van der Waals surface area (Å²) in [6.07, 6.45) is 0. The third-order valence-electron chi connectivity index (χ3n) is 3.64. The van der Waals surface area contributed by atoms with Crippen molar-refractivity contribution in [2.45, 2.75) is 13.5 Å². The van der Waals surface area contributed by atoms with Gasteiger partial charge in [-0.1, -0.05) is 36.4 Å². The average molecular weight is 338 g/mol. The maximum atomic E-state index is 13.1. The number of esters is 1. The SMILES string of the molecule is CC(=O)c1ccc(-c2ccc(C(=O)OCc3cccc(F)c3)o2)cc1. The van der Waals surface area contributed by atoms with Gasteiger partial charge in [-0.15, -0.1) is 0 Å². The Morgan fingerprint density at radius 3 is 2.48 bits per heavy atom. The molecule has 25 heavy (non-hydrogen) atoms. The molecule has 1 heterocycles. The van der Waals surface area contributed by atoms with Gasteiger partial charge in [-0.3, -0.25) is 4.79 Å². The first-order valence-corrected chi connectivity index (χ1v) is 7.66. The number of furan rings is 1. The second-order valence-electron chi connectivity index (χ2n) is 5.50. The molecule has 0 atom stereocenters. The molecule has 1 aromatic heterocycles. The van der Waals surface area contributed by atoms with Gasteiger partial charge in [-0.25, -0.2) is 9.18 Å². The largest absolute Gasteiger partial charge is 0.455 e. The van der Waals surface area contributed by atoms with Gasteiger partial charge in [0.05, 0.1) is 0 Å². The van der Waals surface area contributed by atoms with E-state index in [1.54, 1.807) is 42.5 Å². The Morgan fingerprint density at radius 2 is 1.80 bits per heavy atom. The smallest absolute Gasteiger partial charge is 0.374 e. The lowest BCUT2D eigenvalue weighted by molar-refractivity contribution is 0.0436. The molecule has 0 N–H and O–H groups in total. The molecule has 0 saturated carbocycles. The quantitative estimate of drug-likeness (QED) is 0.502. The zero-order chi connectivity index (χ0) is 17.8. The number of ether oxygens (including phenoxy) is 1. The fraction of sp³-hybridized carbons (Fsp3) is 0.100. The predicted molar refractivity (Wildman–Crippen MR) is 89.7 cm³/mol. The van der Waals surface area contributed by atoms with E-state index in [0.29, 0.717) is 16.9 Å². The van der Waals surface area contributed by atoms with Crippen LogP contribution in [0.15, 0.2) is 65.1 Å². The Bertz CT molecular complexity index is 909. The second-order valence-corrected chi connectivity index (χ2v) is 5.50. The molecule has 0 aliphatic carbocycles. The third-order valence-corrected chi connectivity index (χ3v) is 3.64. The minimum Gasteiger partial charge on any atom is -0.455 e.